The van der Waals surface area contributed by atoms with Crippen molar-refractivity contribution in [2.45, 2.75) is 0 Å². The van der Waals surface area contributed by atoms with Crippen LogP contribution in [-0.2, 0) is 0 Å². The van der Waals surface area contributed by atoms with Crippen LogP contribution in [0.15, 0.2) is 47.9 Å². The molecule has 0 aliphatic heterocycles. The standard InChI is InChI=1S/C16H10S/c1-2-4-13-11(3-1)5-7-14(13)15-8-6-12-9-10-17-16(12)15/h1-10H/b15-14-. The molecule has 17 heavy (non-hydrogen) atoms. The topological polar surface area (TPSA) is 0 Å². The molecule has 0 unspecified atom stereocenters. The lowest BCUT2D eigenvalue weighted by atomic mass is 10.0. The highest BCUT2D eigenvalue weighted by atomic mass is 32.1. The Balaban J connectivity index is 2.00. The lowest BCUT2D eigenvalue weighted by molar-refractivity contribution is 1.62. The van der Waals surface area contributed by atoms with Crippen molar-refractivity contribution in [2.24, 2.45) is 0 Å². The van der Waals surface area contributed by atoms with Crippen molar-refractivity contribution >= 4 is 34.6 Å². The molecule has 0 saturated carbocycles. The van der Waals surface area contributed by atoms with E-state index in [4.69, 9.17) is 0 Å². The number of thiophene rings is 1. The van der Waals surface area contributed by atoms with E-state index in [1.807, 2.05) is 11.3 Å². The number of rotatable bonds is 0. The van der Waals surface area contributed by atoms with Crippen molar-refractivity contribution < 1.29 is 0 Å². The molecule has 0 N–H and O–H groups in total. The van der Waals surface area contributed by atoms with Crippen LogP contribution in [0.3, 0.4) is 0 Å². The molecule has 1 heterocycles. The normalized spacial score (nSPS) is 19.8. The third kappa shape index (κ3) is 1.23. The third-order valence-corrected chi connectivity index (χ3v) is 4.30. The summed E-state index contributed by atoms with van der Waals surface area (Å²) in [6.45, 7) is 0. The summed E-state index contributed by atoms with van der Waals surface area (Å²) < 4.78 is 0. The number of allylic oxidation sites excluding steroid dienone is 4. The second-order valence-corrected chi connectivity index (χ2v) is 5.20. The lowest BCUT2D eigenvalue weighted by Gasteiger charge is -2.04. The maximum Gasteiger partial charge on any atom is 0.0421 e. The summed E-state index contributed by atoms with van der Waals surface area (Å²) in [6, 6.07) is 10.8. The highest BCUT2D eigenvalue weighted by molar-refractivity contribution is 7.11. The molecule has 0 saturated heterocycles. The number of hydrogen-bond acceptors (Lipinski definition) is 1. The molecule has 0 amide bonds. The SMILES string of the molecule is C1=Cc2ccccc2/C1=C1/C=Cc2ccsc21. The number of hydrogen-bond donors (Lipinski definition) is 0. The molecule has 4 rings (SSSR count). The van der Waals surface area contributed by atoms with Crippen LogP contribution in [0.25, 0.3) is 23.3 Å². The third-order valence-electron chi connectivity index (χ3n) is 3.34. The predicted molar refractivity (Wildman–Crippen MR) is 75.6 cm³/mol. The average Bonchev–Trinajstić information content (AvgIpc) is 3.02. The average molecular weight is 234 g/mol. The van der Waals surface area contributed by atoms with Crippen molar-refractivity contribution in [3.05, 3.63) is 69.4 Å². The molecular weight excluding hydrogens is 224 g/mol. The molecule has 2 aromatic rings. The van der Waals surface area contributed by atoms with Gasteiger partial charge in [0.2, 0.25) is 0 Å². The van der Waals surface area contributed by atoms with Gasteiger partial charge in [0.25, 0.3) is 0 Å². The summed E-state index contributed by atoms with van der Waals surface area (Å²) in [7, 11) is 0. The van der Waals surface area contributed by atoms with E-state index in [0.29, 0.717) is 0 Å². The van der Waals surface area contributed by atoms with Crippen LogP contribution >= 0.6 is 11.3 Å². The Morgan fingerprint density at radius 3 is 2.53 bits per heavy atom. The van der Waals surface area contributed by atoms with Gasteiger partial charge in [-0.25, -0.2) is 0 Å². The molecule has 0 radical (unpaired) electrons. The smallest absolute Gasteiger partial charge is 0.0421 e. The van der Waals surface area contributed by atoms with E-state index < -0.39 is 0 Å². The van der Waals surface area contributed by atoms with Gasteiger partial charge in [-0.15, -0.1) is 11.3 Å². The molecule has 2 aliphatic rings. The predicted octanol–water partition coefficient (Wildman–Crippen LogP) is 4.71. The van der Waals surface area contributed by atoms with Crippen LogP contribution in [-0.4, -0.2) is 0 Å². The van der Waals surface area contributed by atoms with E-state index in [1.54, 1.807) is 0 Å². The van der Waals surface area contributed by atoms with Gasteiger partial charge in [0, 0.05) is 10.5 Å². The fourth-order valence-corrected chi connectivity index (χ4v) is 3.44. The van der Waals surface area contributed by atoms with Gasteiger partial charge in [-0.1, -0.05) is 48.6 Å². The molecule has 0 atom stereocenters. The largest absolute Gasteiger partial charge is 0.143 e. The van der Waals surface area contributed by atoms with Gasteiger partial charge in [0.15, 0.2) is 0 Å². The van der Waals surface area contributed by atoms with Gasteiger partial charge < -0.3 is 0 Å². The summed E-state index contributed by atoms with van der Waals surface area (Å²) >= 11 is 1.83. The monoisotopic (exact) mass is 234 g/mol. The summed E-state index contributed by atoms with van der Waals surface area (Å²) in [6.07, 6.45) is 8.89. The quantitative estimate of drug-likeness (QED) is 0.619. The Bertz CT molecular complexity index is 696. The second-order valence-electron chi connectivity index (χ2n) is 4.29. The maximum absolute atomic E-state index is 2.24. The fraction of sp³-hybridized carbons (Fsp3) is 0. The van der Waals surface area contributed by atoms with Gasteiger partial charge in [-0.05, 0) is 33.7 Å². The summed E-state index contributed by atoms with van der Waals surface area (Å²) in [5.41, 5.74) is 6.77. The molecule has 0 nitrogen and oxygen atoms in total. The first-order valence-electron chi connectivity index (χ1n) is 5.71. The minimum atomic E-state index is 1.33. The highest BCUT2D eigenvalue weighted by Crippen LogP contribution is 2.42. The van der Waals surface area contributed by atoms with Crippen LogP contribution in [0.2, 0.25) is 0 Å². The minimum absolute atomic E-state index is 1.33. The van der Waals surface area contributed by atoms with Gasteiger partial charge in [-0.2, -0.15) is 0 Å². The Kier molecular flexibility index (Phi) is 1.79. The van der Waals surface area contributed by atoms with E-state index >= 15 is 0 Å². The van der Waals surface area contributed by atoms with Crippen molar-refractivity contribution in [1.82, 2.24) is 0 Å². The molecule has 2 aliphatic carbocycles. The van der Waals surface area contributed by atoms with E-state index in [0.717, 1.165) is 0 Å². The van der Waals surface area contributed by atoms with Crippen LogP contribution < -0.4 is 0 Å². The van der Waals surface area contributed by atoms with E-state index in [9.17, 15) is 0 Å². The Morgan fingerprint density at radius 1 is 0.706 bits per heavy atom. The first kappa shape index (κ1) is 9.20. The Hall–Kier alpha value is -1.86. The lowest BCUT2D eigenvalue weighted by Crippen LogP contribution is -1.83. The van der Waals surface area contributed by atoms with Crippen LogP contribution in [0.5, 0.6) is 0 Å². The molecule has 0 fully saturated rings. The Morgan fingerprint density at radius 2 is 1.53 bits per heavy atom. The van der Waals surface area contributed by atoms with Crippen LogP contribution in [0, 0.1) is 0 Å². The zero-order valence-corrected chi connectivity index (χ0v) is 10.00. The fourth-order valence-electron chi connectivity index (χ4n) is 2.52. The molecule has 80 valence electrons. The van der Waals surface area contributed by atoms with Crippen LogP contribution in [0.4, 0.5) is 0 Å². The second kappa shape index (κ2) is 3.31. The highest BCUT2D eigenvalue weighted by Gasteiger charge is 2.19. The summed E-state index contributed by atoms with van der Waals surface area (Å²) in [4.78, 5) is 1.40. The van der Waals surface area contributed by atoms with Crippen molar-refractivity contribution in [2.75, 3.05) is 0 Å². The van der Waals surface area contributed by atoms with Gasteiger partial charge >= 0.3 is 0 Å². The van der Waals surface area contributed by atoms with Crippen molar-refractivity contribution in [1.29, 1.82) is 0 Å². The van der Waals surface area contributed by atoms with Crippen LogP contribution in [0.1, 0.15) is 21.6 Å². The first-order chi connectivity index (χ1) is 8.43. The zero-order valence-electron chi connectivity index (χ0n) is 9.18. The number of fused-ring (bicyclic) bond motifs is 2. The number of benzene rings is 1. The summed E-state index contributed by atoms with van der Waals surface area (Å²) in [5.74, 6) is 0. The molecule has 0 spiro atoms. The van der Waals surface area contributed by atoms with E-state index in [2.05, 4.69) is 60.0 Å². The molecule has 0 bridgehead atoms. The first-order valence-corrected chi connectivity index (χ1v) is 6.59. The van der Waals surface area contributed by atoms with Gasteiger partial charge in [0.1, 0.15) is 0 Å². The summed E-state index contributed by atoms with van der Waals surface area (Å²) in [5, 5.41) is 2.17. The molecule has 1 heteroatoms. The molecule has 1 aromatic carbocycles. The minimum Gasteiger partial charge on any atom is -0.143 e. The van der Waals surface area contributed by atoms with E-state index in [1.165, 1.54) is 32.7 Å². The maximum atomic E-state index is 2.24. The van der Waals surface area contributed by atoms with E-state index in [-0.39, 0.29) is 0 Å². The zero-order chi connectivity index (χ0) is 11.2. The van der Waals surface area contributed by atoms with Crippen molar-refractivity contribution in [3.63, 3.8) is 0 Å². The van der Waals surface area contributed by atoms with Crippen molar-refractivity contribution in [3.8, 4) is 0 Å². The van der Waals surface area contributed by atoms with Gasteiger partial charge in [0.05, 0.1) is 0 Å². The van der Waals surface area contributed by atoms with Gasteiger partial charge in [-0.3, -0.25) is 0 Å². The molecule has 1 aromatic heterocycles. The Labute approximate surface area is 104 Å². The molecular formula is C16H10S.